The molecule has 8 nitrogen and oxygen atoms in total. The second-order valence-corrected chi connectivity index (χ2v) is 7.25. The van der Waals surface area contributed by atoms with Gasteiger partial charge in [-0.15, -0.1) is 0 Å². The molecule has 0 aliphatic carbocycles. The summed E-state index contributed by atoms with van der Waals surface area (Å²) in [7, 11) is 0. The van der Waals surface area contributed by atoms with Gasteiger partial charge in [0.25, 0.3) is 5.95 Å². The lowest BCUT2D eigenvalue weighted by atomic mass is 10.1. The number of carbonyl (C=O) groups is 1. The van der Waals surface area contributed by atoms with Crippen molar-refractivity contribution in [2.75, 3.05) is 11.9 Å². The van der Waals surface area contributed by atoms with E-state index in [9.17, 15) is 9.18 Å². The van der Waals surface area contributed by atoms with E-state index < -0.39 is 11.7 Å². The summed E-state index contributed by atoms with van der Waals surface area (Å²) in [5.74, 6) is 0.0988. The molecule has 9 heteroatoms. The van der Waals surface area contributed by atoms with E-state index in [4.69, 9.17) is 10.5 Å². The Kier molecular flexibility index (Phi) is 4.70. The van der Waals surface area contributed by atoms with Crippen molar-refractivity contribution in [1.29, 1.82) is 0 Å². The van der Waals surface area contributed by atoms with E-state index in [0.29, 0.717) is 35.6 Å². The van der Waals surface area contributed by atoms with Crippen LogP contribution >= 0.6 is 0 Å². The fraction of sp³-hybridized carbons (Fsp3) is 0.182. The third-order valence-corrected chi connectivity index (χ3v) is 5.14. The molecule has 1 amide bonds. The number of rotatable bonds is 5. The smallest absolute Gasteiger partial charge is 0.253 e. The van der Waals surface area contributed by atoms with E-state index in [2.05, 4.69) is 20.4 Å². The summed E-state index contributed by atoms with van der Waals surface area (Å²) in [6, 6.07) is 12.3. The fourth-order valence-corrected chi connectivity index (χ4v) is 3.67. The predicted molar refractivity (Wildman–Crippen MR) is 113 cm³/mol. The van der Waals surface area contributed by atoms with Crippen LogP contribution in [0, 0.1) is 5.82 Å². The Balaban J connectivity index is 1.61. The van der Waals surface area contributed by atoms with Gasteiger partial charge in [-0.2, -0.15) is 14.8 Å². The van der Waals surface area contributed by atoms with E-state index in [1.807, 2.05) is 30.3 Å². The van der Waals surface area contributed by atoms with Crippen molar-refractivity contribution < 1.29 is 13.9 Å². The van der Waals surface area contributed by atoms with Gasteiger partial charge in [0.2, 0.25) is 5.91 Å². The average molecular weight is 418 g/mol. The van der Waals surface area contributed by atoms with Gasteiger partial charge in [-0.05, 0) is 24.5 Å². The minimum Gasteiger partial charge on any atom is -0.488 e. The van der Waals surface area contributed by atoms with Crippen molar-refractivity contribution in [2.45, 2.75) is 19.4 Å². The van der Waals surface area contributed by atoms with Crippen LogP contribution in [0.5, 0.6) is 5.75 Å². The van der Waals surface area contributed by atoms with Crippen molar-refractivity contribution in [3.8, 4) is 11.7 Å². The van der Waals surface area contributed by atoms with Crippen LogP contribution < -0.4 is 15.8 Å². The third kappa shape index (κ3) is 3.54. The Labute approximate surface area is 176 Å². The lowest BCUT2D eigenvalue weighted by Gasteiger charge is -2.20. The van der Waals surface area contributed by atoms with Gasteiger partial charge < -0.3 is 15.8 Å². The van der Waals surface area contributed by atoms with E-state index in [0.717, 1.165) is 30.2 Å². The Morgan fingerprint density at radius 1 is 1.23 bits per heavy atom. The number of benzene rings is 2. The van der Waals surface area contributed by atoms with Crippen LogP contribution in [0.4, 0.5) is 10.2 Å². The molecule has 0 radical (unpaired) electrons. The first-order valence-corrected chi connectivity index (χ1v) is 9.89. The van der Waals surface area contributed by atoms with E-state index in [-0.39, 0.29) is 11.5 Å². The molecule has 2 aromatic carbocycles. The minimum atomic E-state index is -0.728. The zero-order chi connectivity index (χ0) is 21.4. The summed E-state index contributed by atoms with van der Waals surface area (Å²) in [4.78, 5) is 21.0. The molecule has 0 spiro atoms. The highest BCUT2D eigenvalue weighted by atomic mass is 19.1. The van der Waals surface area contributed by atoms with Crippen LogP contribution in [0.1, 0.15) is 28.0 Å². The molecule has 4 aromatic rings. The summed E-state index contributed by atoms with van der Waals surface area (Å²) < 4.78 is 21.4. The SMILES string of the molecule is NC(=O)c1cc(F)cc2c1cnn2-c1nc2c(c(NCc3ccccc3)n1)OCCC2. The summed E-state index contributed by atoms with van der Waals surface area (Å²) >= 11 is 0. The molecule has 2 aromatic heterocycles. The Bertz CT molecular complexity index is 1290. The molecule has 0 saturated heterocycles. The van der Waals surface area contributed by atoms with Crippen molar-refractivity contribution in [1.82, 2.24) is 19.7 Å². The van der Waals surface area contributed by atoms with Crippen LogP contribution in [0.3, 0.4) is 0 Å². The van der Waals surface area contributed by atoms with Gasteiger partial charge in [0, 0.05) is 18.0 Å². The molecule has 0 fully saturated rings. The first-order valence-electron chi connectivity index (χ1n) is 9.89. The fourth-order valence-electron chi connectivity index (χ4n) is 3.67. The number of aromatic nitrogens is 4. The molecule has 156 valence electrons. The first kappa shape index (κ1) is 19.0. The largest absolute Gasteiger partial charge is 0.488 e. The van der Waals surface area contributed by atoms with Crippen molar-refractivity contribution in [3.63, 3.8) is 0 Å². The number of nitrogens with one attached hydrogen (secondary N) is 1. The highest BCUT2D eigenvalue weighted by Gasteiger charge is 2.22. The molecule has 0 atom stereocenters. The van der Waals surface area contributed by atoms with Gasteiger partial charge in [-0.1, -0.05) is 30.3 Å². The second-order valence-electron chi connectivity index (χ2n) is 7.25. The summed E-state index contributed by atoms with van der Waals surface area (Å²) in [5.41, 5.74) is 7.67. The Morgan fingerprint density at radius 2 is 2.06 bits per heavy atom. The first-order chi connectivity index (χ1) is 15.1. The van der Waals surface area contributed by atoms with Crippen LogP contribution in [0.2, 0.25) is 0 Å². The normalized spacial score (nSPS) is 12.9. The molecule has 0 bridgehead atoms. The highest BCUT2D eigenvalue weighted by Crippen LogP contribution is 2.32. The Morgan fingerprint density at radius 3 is 2.87 bits per heavy atom. The summed E-state index contributed by atoms with van der Waals surface area (Å²) in [5, 5.41) is 8.06. The molecule has 1 aliphatic heterocycles. The number of primary amides is 1. The number of hydrogen-bond donors (Lipinski definition) is 2. The van der Waals surface area contributed by atoms with Crippen LogP contribution in [-0.4, -0.2) is 32.3 Å². The molecule has 3 N–H and O–H groups in total. The second kappa shape index (κ2) is 7.67. The highest BCUT2D eigenvalue weighted by molar-refractivity contribution is 6.05. The van der Waals surface area contributed by atoms with Gasteiger partial charge in [-0.3, -0.25) is 4.79 Å². The number of aryl methyl sites for hydroxylation is 1. The standard InChI is InChI=1S/C22H19FN6O2/c23-14-9-15(20(24)30)16-12-26-29(18(16)10-14)22-27-17-7-4-8-31-19(17)21(28-22)25-11-13-5-2-1-3-6-13/h1-3,5-6,9-10,12H,4,7-8,11H2,(H2,24,30)(H,25,27,28). The van der Waals surface area contributed by atoms with Gasteiger partial charge in [0.1, 0.15) is 5.82 Å². The molecule has 1 aliphatic rings. The van der Waals surface area contributed by atoms with Crippen LogP contribution in [0.25, 0.3) is 16.9 Å². The number of nitrogens with zero attached hydrogens (tertiary/aromatic N) is 4. The minimum absolute atomic E-state index is 0.0602. The lowest BCUT2D eigenvalue weighted by molar-refractivity contribution is 0.100. The van der Waals surface area contributed by atoms with Crippen LogP contribution in [0.15, 0.2) is 48.7 Å². The number of carbonyl (C=O) groups excluding carboxylic acids is 1. The molecular formula is C22H19FN6O2. The molecular weight excluding hydrogens is 399 g/mol. The maximum Gasteiger partial charge on any atom is 0.253 e. The van der Waals surface area contributed by atoms with Crippen molar-refractivity contribution in [2.24, 2.45) is 5.73 Å². The number of nitrogens with two attached hydrogens (primary N) is 1. The quantitative estimate of drug-likeness (QED) is 0.516. The number of fused-ring (bicyclic) bond motifs is 2. The number of halogens is 1. The van der Waals surface area contributed by atoms with Gasteiger partial charge >= 0.3 is 0 Å². The summed E-state index contributed by atoms with van der Waals surface area (Å²) in [6.07, 6.45) is 3.03. The van der Waals surface area contributed by atoms with E-state index in [1.54, 1.807) is 0 Å². The lowest BCUT2D eigenvalue weighted by Crippen LogP contribution is -2.17. The third-order valence-electron chi connectivity index (χ3n) is 5.14. The molecule has 31 heavy (non-hydrogen) atoms. The molecule has 0 saturated carbocycles. The number of hydrogen-bond acceptors (Lipinski definition) is 6. The maximum atomic E-state index is 14.2. The average Bonchev–Trinajstić information content (AvgIpc) is 3.21. The van der Waals surface area contributed by atoms with Crippen molar-refractivity contribution >= 4 is 22.6 Å². The summed E-state index contributed by atoms with van der Waals surface area (Å²) in [6.45, 7) is 1.14. The van der Waals surface area contributed by atoms with Gasteiger partial charge in [-0.25, -0.2) is 9.37 Å². The number of ether oxygens (including phenoxy) is 1. The van der Waals surface area contributed by atoms with E-state index in [1.165, 1.54) is 16.9 Å². The predicted octanol–water partition coefficient (Wildman–Crippen LogP) is 2.99. The number of amides is 1. The van der Waals surface area contributed by atoms with Crippen molar-refractivity contribution in [3.05, 3.63) is 71.3 Å². The zero-order valence-corrected chi connectivity index (χ0v) is 16.5. The monoisotopic (exact) mass is 418 g/mol. The van der Waals surface area contributed by atoms with Crippen LogP contribution in [-0.2, 0) is 13.0 Å². The maximum absolute atomic E-state index is 14.2. The molecule has 0 unspecified atom stereocenters. The Hall–Kier alpha value is -4.01. The molecule has 3 heterocycles. The van der Waals surface area contributed by atoms with E-state index >= 15 is 0 Å². The van der Waals surface area contributed by atoms with Gasteiger partial charge in [0.05, 0.1) is 29.6 Å². The topological polar surface area (TPSA) is 108 Å². The number of anilines is 1. The van der Waals surface area contributed by atoms with Gasteiger partial charge in [0.15, 0.2) is 11.6 Å². The molecule has 5 rings (SSSR count). The zero-order valence-electron chi connectivity index (χ0n) is 16.5.